The number of pyridine rings is 1. The van der Waals surface area contributed by atoms with Crippen molar-refractivity contribution in [2.24, 2.45) is 0 Å². The summed E-state index contributed by atoms with van der Waals surface area (Å²) in [7, 11) is 0. The fourth-order valence-electron chi connectivity index (χ4n) is 1.89. The second-order valence-electron chi connectivity index (χ2n) is 4.03. The van der Waals surface area contributed by atoms with Crippen LogP contribution >= 0.6 is 0 Å². The minimum Gasteiger partial charge on any atom is -0.382 e. The van der Waals surface area contributed by atoms with Crippen LogP contribution in [0.1, 0.15) is 18.4 Å². The van der Waals surface area contributed by atoms with Crippen molar-refractivity contribution in [3.8, 4) is 6.07 Å². The van der Waals surface area contributed by atoms with Gasteiger partial charge >= 0.3 is 0 Å². The lowest BCUT2D eigenvalue weighted by molar-refractivity contribution is 0.683. The summed E-state index contributed by atoms with van der Waals surface area (Å²) < 4.78 is 0. The smallest absolute Gasteiger partial charge is 0.101 e. The van der Waals surface area contributed by atoms with Crippen LogP contribution in [-0.2, 0) is 0 Å². The standard InChI is InChI=1S/C13H16N4/c14-9-12-4-7-16-10-13(12)17-8-3-11-1-5-15-6-2-11/h1,4,7,10,15,17H,2-3,5-6,8H2. The predicted octanol–water partition coefficient (Wildman–Crippen LogP) is 1.67. The topological polar surface area (TPSA) is 60.7 Å². The van der Waals surface area contributed by atoms with E-state index >= 15 is 0 Å². The number of nitrogens with zero attached hydrogens (tertiary/aromatic N) is 2. The fourth-order valence-corrected chi connectivity index (χ4v) is 1.89. The Kier molecular flexibility index (Phi) is 4.11. The lowest BCUT2D eigenvalue weighted by Crippen LogP contribution is -2.21. The van der Waals surface area contributed by atoms with Crippen molar-refractivity contribution < 1.29 is 0 Å². The molecule has 4 heteroatoms. The van der Waals surface area contributed by atoms with Gasteiger partial charge in [-0.25, -0.2) is 0 Å². The van der Waals surface area contributed by atoms with Gasteiger partial charge in [0.1, 0.15) is 6.07 Å². The monoisotopic (exact) mass is 228 g/mol. The van der Waals surface area contributed by atoms with Crippen molar-refractivity contribution in [1.82, 2.24) is 10.3 Å². The van der Waals surface area contributed by atoms with Gasteiger partial charge in [0.15, 0.2) is 0 Å². The van der Waals surface area contributed by atoms with Crippen LogP contribution < -0.4 is 10.6 Å². The van der Waals surface area contributed by atoms with Crippen molar-refractivity contribution >= 4 is 5.69 Å². The number of hydrogen-bond acceptors (Lipinski definition) is 4. The van der Waals surface area contributed by atoms with Crippen molar-refractivity contribution in [2.45, 2.75) is 12.8 Å². The second kappa shape index (κ2) is 6.02. The average Bonchev–Trinajstić information content (AvgIpc) is 2.40. The van der Waals surface area contributed by atoms with Crippen LogP contribution in [0.3, 0.4) is 0 Å². The molecule has 0 saturated heterocycles. The molecule has 0 amide bonds. The molecule has 1 aromatic rings. The van der Waals surface area contributed by atoms with E-state index in [9.17, 15) is 0 Å². The first-order valence-corrected chi connectivity index (χ1v) is 5.87. The third-order valence-electron chi connectivity index (χ3n) is 2.86. The molecule has 0 aromatic carbocycles. The minimum absolute atomic E-state index is 0.652. The van der Waals surface area contributed by atoms with Crippen molar-refractivity contribution in [2.75, 3.05) is 25.0 Å². The van der Waals surface area contributed by atoms with Gasteiger partial charge in [-0.2, -0.15) is 5.26 Å². The molecule has 17 heavy (non-hydrogen) atoms. The summed E-state index contributed by atoms with van der Waals surface area (Å²) >= 11 is 0. The van der Waals surface area contributed by atoms with Gasteiger partial charge in [-0.05, 0) is 25.5 Å². The first-order chi connectivity index (χ1) is 8.40. The van der Waals surface area contributed by atoms with E-state index in [1.807, 2.05) is 0 Å². The van der Waals surface area contributed by atoms with Crippen LogP contribution in [0.25, 0.3) is 0 Å². The van der Waals surface area contributed by atoms with Crippen molar-refractivity contribution in [1.29, 1.82) is 5.26 Å². The van der Waals surface area contributed by atoms with E-state index in [1.165, 1.54) is 5.57 Å². The van der Waals surface area contributed by atoms with E-state index in [4.69, 9.17) is 5.26 Å². The molecular weight excluding hydrogens is 212 g/mol. The molecule has 88 valence electrons. The predicted molar refractivity (Wildman–Crippen MR) is 67.6 cm³/mol. The first kappa shape index (κ1) is 11.6. The number of rotatable bonds is 4. The normalized spacial score (nSPS) is 14.9. The number of nitriles is 1. The van der Waals surface area contributed by atoms with Gasteiger partial charge in [0.2, 0.25) is 0 Å². The molecule has 0 radical (unpaired) electrons. The molecule has 0 saturated carbocycles. The van der Waals surface area contributed by atoms with E-state index < -0.39 is 0 Å². The highest BCUT2D eigenvalue weighted by Crippen LogP contribution is 2.14. The Bertz CT molecular complexity index is 445. The van der Waals surface area contributed by atoms with Gasteiger partial charge in [0, 0.05) is 19.3 Å². The molecule has 4 nitrogen and oxygen atoms in total. The van der Waals surface area contributed by atoms with Crippen molar-refractivity contribution in [3.05, 3.63) is 35.7 Å². The molecule has 0 fully saturated rings. The van der Waals surface area contributed by atoms with E-state index in [-0.39, 0.29) is 0 Å². The Morgan fingerprint density at radius 1 is 1.53 bits per heavy atom. The maximum atomic E-state index is 8.93. The molecule has 1 aliphatic heterocycles. The SMILES string of the molecule is N#Cc1ccncc1NCCC1=CCNCC1. The average molecular weight is 228 g/mol. The maximum absolute atomic E-state index is 8.93. The zero-order valence-corrected chi connectivity index (χ0v) is 9.74. The van der Waals surface area contributed by atoms with Crippen LogP contribution in [0.2, 0.25) is 0 Å². The summed E-state index contributed by atoms with van der Waals surface area (Å²) in [6.07, 6.45) is 7.75. The molecule has 0 unspecified atom stereocenters. The summed E-state index contributed by atoms with van der Waals surface area (Å²) in [6.45, 7) is 2.90. The molecule has 0 atom stereocenters. The van der Waals surface area contributed by atoms with Gasteiger partial charge in [-0.1, -0.05) is 11.6 Å². The summed E-state index contributed by atoms with van der Waals surface area (Å²) in [5, 5.41) is 15.5. The van der Waals surface area contributed by atoms with E-state index in [2.05, 4.69) is 27.8 Å². The maximum Gasteiger partial charge on any atom is 0.101 e. The third-order valence-corrected chi connectivity index (χ3v) is 2.86. The van der Waals surface area contributed by atoms with Crippen LogP contribution in [0.15, 0.2) is 30.1 Å². The second-order valence-corrected chi connectivity index (χ2v) is 4.03. The Morgan fingerprint density at radius 3 is 3.24 bits per heavy atom. The van der Waals surface area contributed by atoms with E-state index in [0.29, 0.717) is 5.56 Å². The zero-order chi connectivity index (χ0) is 11.9. The van der Waals surface area contributed by atoms with E-state index in [0.717, 1.165) is 38.2 Å². The molecule has 1 aromatic heterocycles. The van der Waals surface area contributed by atoms with Crippen LogP contribution in [0.4, 0.5) is 5.69 Å². The van der Waals surface area contributed by atoms with Crippen LogP contribution in [0, 0.1) is 11.3 Å². The van der Waals surface area contributed by atoms with Crippen LogP contribution in [0.5, 0.6) is 0 Å². The molecular formula is C13H16N4. The highest BCUT2D eigenvalue weighted by molar-refractivity contribution is 5.55. The first-order valence-electron chi connectivity index (χ1n) is 5.87. The van der Waals surface area contributed by atoms with Gasteiger partial charge < -0.3 is 10.6 Å². The molecule has 0 aliphatic carbocycles. The highest BCUT2D eigenvalue weighted by atomic mass is 14.9. The Labute approximate surface area is 101 Å². The molecule has 2 heterocycles. The van der Waals surface area contributed by atoms with Gasteiger partial charge in [-0.15, -0.1) is 0 Å². The highest BCUT2D eigenvalue weighted by Gasteiger charge is 2.04. The van der Waals surface area contributed by atoms with Gasteiger partial charge in [0.25, 0.3) is 0 Å². The summed E-state index contributed by atoms with van der Waals surface area (Å²) in [6, 6.07) is 3.89. The third kappa shape index (κ3) is 3.30. The number of nitrogens with one attached hydrogen (secondary N) is 2. The lowest BCUT2D eigenvalue weighted by atomic mass is 10.1. The Morgan fingerprint density at radius 2 is 2.47 bits per heavy atom. The summed E-state index contributed by atoms with van der Waals surface area (Å²) in [5.41, 5.74) is 2.96. The lowest BCUT2D eigenvalue weighted by Gasteiger charge is -2.14. The molecule has 1 aliphatic rings. The van der Waals surface area contributed by atoms with Crippen molar-refractivity contribution in [3.63, 3.8) is 0 Å². The quantitative estimate of drug-likeness (QED) is 0.770. The number of aromatic nitrogens is 1. The molecule has 2 rings (SSSR count). The number of hydrogen-bond donors (Lipinski definition) is 2. The van der Waals surface area contributed by atoms with E-state index in [1.54, 1.807) is 18.5 Å². The zero-order valence-electron chi connectivity index (χ0n) is 9.74. The summed E-state index contributed by atoms with van der Waals surface area (Å²) in [4.78, 5) is 4.02. The Hall–Kier alpha value is -1.86. The minimum atomic E-state index is 0.652. The number of anilines is 1. The van der Waals surface area contributed by atoms with Crippen LogP contribution in [-0.4, -0.2) is 24.6 Å². The van der Waals surface area contributed by atoms with Gasteiger partial charge in [-0.3, -0.25) is 4.98 Å². The largest absolute Gasteiger partial charge is 0.382 e. The summed E-state index contributed by atoms with van der Waals surface area (Å²) in [5.74, 6) is 0. The Balaban J connectivity index is 1.86. The van der Waals surface area contributed by atoms with Gasteiger partial charge in [0.05, 0.1) is 17.4 Å². The molecule has 0 bridgehead atoms. The fraction of sp³-hybridized carbons (Fsp3) is 0.385. The molecule has 2 N–H and O–H groups in total. The molecule has 0 spiro atoms.